The summed E-state index contributed by atoms with van der Waals surface area (Å²) in [6, 6.07) is 21.4. The van der Waals surface area contributed by atoms with Crippen molar-refractivity contribution in [2.75, 3.05) is 16.1 Å². The van der Waals surface area contributed by atoms with Crippen LogP contribution in [0.2, 0.25) is 5.02 Å². The van der Waals surface area contributed by atoms with Gasteiger partial charge in [0.1, 0.15) is 5.69 Å². The minimum atomic E-state index is -0.915. The number of carbonyl (C=O) groups excluding carboxylic acids is 3. The second kappa shape index (κ2) is 11.1. The summed E-state index contributed by atoms with van der Waals surface area (Å²) in [5.74, 6) is -2.21. The molecular weight excluding hydrogens is 476 g/mol. The number of rotatable bonds is 7. The lowest BCUT2D eigenvalue weighted by atomic mass is 10.1. The summed E-state index contributed by atoms with van der Waals surface area (Å²) in [7, 11) is 0. The van der Waals surface area contributed by atoms with E-state index in [1.807, 2.05) is 31.2 Å². The monoisotopic (exact) mass is 502 g/mol. The average Bonchev–Trinajstić information content (AvgIpc) is 3.22. The van der Waals surface area contributed by atoms with E-state index in [-0.39, 0.29) is 5.69 Å². The fraction of sp³-hybridized carbons (Fsp3) is 0.179. The first-order chi connectivity index (χ1) is 17.3. The number of fused-ring (bicyclic) bond motifs is 1. The second-order valence-corrected chi connectivity index (χ2v) is 9.02. The molecule has 0 fully saturated rings. The van der Waals surface area contributed by atoms with Crippen LogP contribution in [0.1, 0.15) is 41.4 Å². The van der Waals surface area contributed by atoms with Crippen LogP contribution in [0, 0.1) is 6.92 Å². The minimum absolute atomic E-state index is 0.147. The van der Waals surface area contributed by atoms with Crippen LogP contribution in [0.3, 0.4) is 0 Å². The Hall–Kier alpha value is -4.10. The van der Waals surface area contributed by atoms with E-state index >= 15 is 0 Å². The zero-order valence-electron chi connectivity index (χ0n) is 20.1. The molecule has 0 unspecified atom stereocenters. The van der Waals surface area contributed by atoms with Crippen molar-refractivity contribution in [2.24, 2.45) is 0 Å². The maximum atomic E-state index is 13.1. The van der Waals surface area contributed by atoms with E-state index in [1.54, 1.807) is 48.5 Å². The lowest BCUT2D eigenvalue weighted by Crippen LogP contribution is -2.36. The number of nitrogens with zero attached hydrogens (tertiary/aromatic N) is 1. The van der Waals surface area contributed by atoms with E-state index in [0.29, 0.717) is 27.3 Å². The Labute approximate surface area is 214 Å². The SMILES string of the molecule is CCCCc1ccc(NC(=O)C(=O)Nn2c(C(=O)Nc3ccc(C)cc3)cc3cc(Cl)ccc32)cc1. The van der Waals surface area contributed by atoms with E-state index in [2.05, 4.69) is 23.0 Å². The molecule has 0 saturated carbocycles. The Kier molecular flexibility index (Phi) is 7.71. The number of nitrogens with one attached hydrogen (secondary N) is 3. The summed E-state index contributed by atoms with van der Waals surface area (Å²) < 4.78 is 1.30. The van der Waals surface area contributed by atoms with Crippen LogP contribution in [0.4, 0.5) is 11.4 Å². The van der Waals surface area contributed by atoms with Gasteiger partial charge in [0, 0.05) is 21.8 Å². The maximum absolute atomic E-state index is 13.1. The first kappa shape index (κ1) is 25.0. The number of unbranched alkanes of at least 4 members (excludes halogenated alkanes) is 1. The zero-order valence-corrected chi connectivity index (χ0v) is 20.9. The fourth-order valence-corrected chi connectivity index (χ4v) is 3.96. The molecule has 0 bridgehead atoms. The lowest BCUT2D eigenvalue weighted by molar-refractivity contribution is -0.133. The summed E-state index contributed by atoms with van der Waals surface area (Å²) in [5, 5.41) is 6.54. The van der Waals surface area contributed by atoms with Crippen molar-refractivity contribution >= 4 is 51.6 Å². The molecule has 0 saturated heterocycles. The van der Waals surface area contributed by atoms with E-state index in [9.17, 15) is 14.4 Å². The number of amides is 3. The molecule has 1 aromatic heterocycles. The molecule has 0 atom stereocenters. The topological polar surface area (TPSA) is 92.2 Å². The molecule has 3 aromatic carbocycles. The quantitative estimate of drug-likeness (QED) is 0.274. The van der Waals surface area contributed by atoms with Crippen molar-refractivity contribution in [1.29, 1.82) is 0 Å². The number of aryl methyl sites for hydroxylation is 2. The standard InChI is InChI=1S/C28H27ClN4O3/c1-3-4-5-19-8-13-23(14-9-19)31-27(35)28(36)32-33-24-15-10-21(29)16-20(24)17-25(33)26(34)30-22-11-6-18(2)7-12-22/h6-17H,3-5H2,1-2H3,(H,30,34)(H,31,35)(H,32,36). The van der Waals surface area contributed by atoms with E-state index < -0.39 is 17.7 Å². The number of carbonyl (C=O) groups is 3. The molecule has 4 aromatic rings. The van der Waals surface area contributed by atoms with Crippen LogP contribution in [0.5, 0.6) is 0 Å². The molecule has 36 heavy (non-hydrogen) atoms. The highest BCUT2D eigenvalue weighted by Gasteiger charge is 2.21. The highest BCUT2D eigenvalue weighted by atomic mass is 35.5. The molecule has 1 heterocycles. The Morgan fingerprint density at radius 3 is 2.19 bits per heavy atom. The second-order valence-electron chi connectivity index (χ2n) is 8.58. The third-order valence-electron chi connectivity index (χ3n) is 5.76. The Morgan fingerprint density at radius 2 is 1.50 bits per heavy atom. The lowest BCUT2D eigenvalue weighted by Gasteiger charge is -2.13. The number of anilines is 2. The number of benzene rings is 3. The van der Waals surface area contributed by atoms with Gasteiger partial charge in [-0.1, -0.05) is 54.8 Å². The third-order valence-corrected chi connectivity index (χ3v) is 5.99. The van der Waals surface area contributed by atoms with Crippen LogP contribution in [0.15, 0.2) is 72.8 Å². The number of aromatic nitrogens is 1. The predicted octanol–water partition coefficient (Wildman–Crippen LogP) is 5.91. The van der Waals surface area contributed by atoms with Crippen LogP contribution in [-0.2, 0) is 16.0 Å². The molecule has 8 heteroatoms. The molecule has 0 spiro atoms. The number of hydrogen-bond donors (Lipinski definition) is 3. The van der Waals surface area contributed by atoms with Crippen molar-refractivity contribution in [3.8, 4) is 0 Å². The van der Waals surface area contributed by atoms with Gasteiger partial charge in [0.15, 0.2) is 0 Å². The normalized spacial score (nSPS) is 10.8. The highest BCUT2D eigenvalue weighted by molar-refractivity contribution is 6.42. The van der Waals surface area contributed by atoms with Crippen LogP contribution >= 0.6 is 11.6 Å². The zero-order chi connectivity index (χ0) is 25.7. The average molecular weight is 503 g/mol. The third kappa shape index (κ3) is 5.93. The van der Waals surface area contributed by atoms with Gasteiger partial charge in [0.25, 0.3) is 5.91 Å². The predicted molar refractivity (Wildman–Crippen MR) is 144 cm³/mol. The van der Waals surface area contributed by atoms with Gasteiger partial charge in [-0.05, 0) is 73.9 Å². The number of halogens is 1. The molecule has 3 amide bonds. The Balaban J connectivity index is 1.54. The van der Waals surface area contributed by atoms with Gasteiger partial charge in [-0.2, -0.15) is 0 Å². The number of hydrogen-bond acceptors (Lipinski definition) is 3. The molecular formula is C28H27ClN4O3. The van der Waals surface area contributed by atoms with Crippen molar-refractivity contribution < 1.29 is 14.4 Å². The van der Waals surface area contributed by atoms with Gasteiger partial charge in [-0.15, -0.1) is 0 Å². The summed E-state index contributed by atoms with van der Waals surface area (Å²) >= 11 is 6.13. The summed E-state index contributed by atoms with van der Waals surface area (Å²) in [5.41, 5.74) is 6.56. The van der Waals surface area contributed by atoms with Gasteiger partial charge in [0.05, 0.1) is 5.52 Å². The van der Waals surface area contributed by atoms with Crippen LogP contribution < -0.4 is 16.1 Å². The largest absolute Gasteiger partial charge is 0.328 e. The molecule has 184 valence electrons. The van der Waals surface area contributed by atoms with E-state index in [1.165, 1.54) is 10.2 Å². The smallest absolute Gasteiger partial charge is 0.321 e. The van der Waals surface area contributed by atoms with Crippen molar-refractivity contribution in [1.82, 2.24) is 4.68 Å². The van der Waals surface area contributed by atoms with Crippen molar-refractivity contribution in [3.63, 3.8) is 0 Å². The first-order valence-corrected chi connectivity index (χ1v) is 12.1. The Bertz CT molecular complexity index is 1410. The van der Waals surface area contributed by atoms with Crippen molar-refractivity contribution in [2.45, 2.75) is 33.1 Å². The van der Waals surface area contributed by atoms with Crippen LogP contribution in [0.25, 0.3) is 10.9 Å². The minimum Gasteiger partial charge on any atom is -0.321 e. The Morgan fingerprint density at radius 1 is 0.833 bits per heavy atom. The van der Waals surface area contributed by atoms with Crippen LogP contribution in [-0.4, -0.2) is 22.4 Å². The molecule has 3 N–H and O–H groups in total. The van der Waals surface area contributed by atoms with Gasteiger partial charge in [0.2, 0.25) is 0 Å². The molecule has 0 radical (unpaired) electrons. The van der Waals surface area contributed by atoms with Gasteiger partial charge < -0.3 is 10.6 Å². The van der Waals surface area contributed by atoms with E-state index in [0.717, 1.165) is 24.8 Å². The summed E-state index contributed by atoms with van der Waals surface area (Å²) in [6.07, 6.45) is 3.15. The van der Waals surface area contributed by atoms with E-state index in [4.69, 9.17) is 11.6 Å². The fourth-order valence-electron chi connectivity index (χ4n) is 3.78. The van der Waals surface area contributed by atoms with Gasteiger partial charge in [-0.3, -0.25) is 19.8 Å². The molecule has 0 aliphatic heterocycles. The maximum Gasteiger partial charge on any atom is 0.328 e. The van der Waals surface area contributed by atoms with Gasteiger partial charge in [-0.25, -0.2) is 4.68 Å². The summed E-state index contributed by atoms with van der Waals surface area (Å²) in [4.78, 5) is 38.5. The first-order valence-electron chi connectivity index (χ1n) is 11.7. The molecule has 0 aliphatic rings. The summed E-state index contributed by atoms with van der Waals surface area (Å²) in [6.45, 7) is 4.09. The molecule has 0 aliphatic carbocycles. The molecule has 4 rings (SSSR count). The highest BCUT2D eigenvalue weighted by Crippen LogP contribution is 2.24. The van der Waals surface area contributed by atoms with Gasteiger partial charge >= 0.3 is 11.8 Å². The van der Waals surface area contributed by atoms with Crippen molar-refractivity contribution in [3.05, 3.63) is 94.6 Å². The molecule has 7 nitrogen and oxygen atoms in total.